The van der Waals surface area contributed by atoms with E-state index in [2.05, 4.69) is 19.9 Å². The molecule has 3 unspecified atom stereocenters. The summed E-state index contributed by atoms with van der Waals surface area (Å²) in [5.74, 6) is -0.943. The van der Waals surface area contributed by atoms with Crippen molar-refractivity contribution in [3.05, 3.63) is 11.6 Å². The molecule has 84 heavy (non-hydrogen) atoms. The number of aliphatic hydroxyl groups excluding tert-OH is 12. The van der Waals surface area contributed by atoms with Gasteiger partial charge in [0.25, 0.3) is 0 Å². The number of ether oxygens (including phenoxy) is 10. The van der Waals surface area contributed by atoms with Crippen molar-refractivity contribution in [1.29, 1.82) is 0 Å². The number of rotatable bonds is 18. The van der Waals surface area contributed by atoms with E-state index in [-0.39, 0.29) is 55.1 Å². The molecule has 0 aromatic carbocycles. The van der Waals surface area contributed by atoms with Gasteiger partial charge < -0.3 is 114 Å². The number of aliphatic hydroxyl groups is 13. The number of fused-ring (bicyclic) bond motifs is 5. The van der Waals surface area contributed by atoms with Gasteiger partial charge in [-0.25, -0.2) is 4.18 Å². The normalized spacial score (nSPS) is 50.8. The van der Waals surface area contributed by atoms with Crippen LogP contribution < -0.4 is 0 Å². The quantitative estimate of drug-likeness (QED) is 0.0478. The van der Waals surface area contributed by atoms with E-state index < -0.39 is 206 Å². The molecule has 9 aliphatic rings. The van der Waals surface area contributed by atoms with E-state index >= 15 is 0 Å². The van der Waals surface area contributed by atoms with Gasteiger partial charge in [-0.3, -0.25) is 9.35 Å². The van der Waals surface area contributed by atoms with Crippen LogP contribution in [0, 0.1) is 40.4 Å². The predicted octanol–water partition coefficient (Wildman–Crippen LogP) is -3.07. The second-order valence-electron chi connectivity index (χ2n) is 26.2. The molecule has 0 aromatic heterocycles. The summed E-state index contributed by atoms with van der Waals surface area (Å²) in [6.45, 7) is 10.5. The standard InChI is InChI=1S/C55H90O28S/c1-21(2)14-24(57)17-55(7,69)34-9-8-27-26-16-31(29-15-25(83-84(70,71)72)10-12-53(29,5)28(26)11-13-54(27,34)6)77-50-44(68)45(38(62)32(18-56)78-50)80-52-47(82-49-43(67)41(65)36(60)23(4)76-49)39(63)33(20-74-52)79-51-46(37(61)30(58)19-73-51)81-48-42(66)40(64)35(59)22(3)75-48/h11,21-23,25-27,29-52,56,58-69H,8-10,12-20H2,1-7H3,(H,70,71,72)/t22-,23-,25+,26?,27?,29?,30-,31+,32-,33-,34+,35+,36-,37+,38-,39+,40+,41+,42-,43-,44-,45+,46-,47-,48+,49+,50-,51+,52+,53-,54+,55+/m1/s1. The number of hydrogen-bond donors (Lipinski definition) is 14. The molecule has 0 amide bonds. The summed E-state index contributed by atoms with van der Waals surface area (Å²) in [6.07, 6.45) is -35.9. The van der Waals surface area contributed by atoms with E-state index in [1.807, 2.05) is 13.8 Å². The van der Waals surface area contributed by atoms with Crippen LogP contribution in [0.15, 0.2) is 11.6 Å². The highest BCUT2D eigenvalue weighted by Crippen LogP contribution is 2.67. The first-order valence-electron chi connectivity index (χ1n) is 29.4. The van der Waals surface area contributed by atoms with Crippen LogP contribution in [0.2, 0.25) is 0 Å². The van der Waals surface area contributed by atoms with E-state index in [4.69, 9.17) is 51.6 Å². The van der Waals surface area contributed by atoms with E-state index in [0.29, 0.717) is 32.1 Å². The molecule has 5 heterocycles. The zero-order valence-corrected chi connectivity index (χ0v) is 49.1. The van der Waals surface area contributed by atoms with Gasteiger partial charge in [0.1, 0.15) is 103 Å². The molecule has 0 bridgehead atoms. The van der Waals surface area contributed by atoms with E-state index in [1.54, 1.807) is 6.92 Å². The molecule has 8 fully saturated rings. The number of carbonyl (C=O) groups excluding carboxylic acids is 1. The van der Waals surface area contributed by atoms with Gasteiger partial charge in [-0.15, -0.1) is 0 Å². The van der Waals surface area contributed by atoms with Crippen molar-refractivity contribution in [2.45, 2.75) is 265 Å². The number of ketones is 1. The second-order valence-corrected chi connectivity index (χ2v) is 27.3. The fourth-order valence-electron chi connectivity index (χ4n) is 15.5. The van der Waals surface area contributed by atoms with Crippen molar-refractivity contribution in [3.8, 4) is 0 Å². The van der Waals surface area contributed by atoms with Gasteiger partial charge in [0.05, 0.1) is 49.8 Å². The predicted molar refractivity (Wildman–Crippen MR) is 281 cm³/mol. The minimum atomic E-state index is -4.90. The molecule has 4 aliphatic carbocycles. The first-order valence-corrected chi connectivity index (χ1v) is 30.8. The van der Waals surface area contributed by atoms with Crippen LogP contribution in [-0.2, 0) is 66.7 Å². The number of hydrogen-bond acceptors (Lipinski definition) is 27. The van der Waals surface area contributed by atoms with Gasteiger partial charge in [-0.2, -0.15) is 8.42 Å². The molecule has 29 heteroatoms. The topological polar surface area (TPSA) is 436 Å². The Balaban J connectivity index is 0.983. The maximum Gasteiger partial charge on any atom is 0.397 e. The molecule has 9 rings (SSSR count). The van der Waals surface area contributed by atoms with Crippen molar-refractivity contribution in [3.63, 3.8) is 0 Å². The molecular weight excluding hydrogens is 1140 g/mol. The van der Waals surface area contributed by atoms with Crippen LogP contribution in [0.5, 0.6) is 0 Å². The first kappa shape index (κ1) is 66.8. The largest absolute Gasteiger partial charge is 0.397 e. The van der Waals surface area contributed by atoms with E-state index in [9.17, 15) is 84.1 Å². The summed E-state index contributed by atoms with van der Waals surface area (Å²) in [6, 6.07) is 0. The van der Waals surface area contributed by atoms with Crippen LogP contribution in [-0.4, -0.2) is 264 Å². The minimum Gasteiger partial charge on any atom is -0.394 e. The minimum absolute atomic E-state index is 0.00191. The van der Waals surface area contributed by atoms with E-state index in [1.165, 1.54) is 13.8 Å². The molecule has 5 saturated heterocycles. The number of allylic oxidation sites excluding steroid dienone is 2. The fraction of sp³-hybridized carbons (Fsp3) is 0.945. The molecule has 0 spiro atoms. The van der Waals surface area contributed by atoms with Crippen molar-refractivity contribution in [2.75, 3.05) is 19.8 Å². The maximum atomic E-state index is 13.2. The summed E-state index contributed by atoms with van der Waals surface area (Å²) >= 11 is 0. The Bertz CT molecular complexity index is 2390. The lowest BCUT2D eigenvalue weighted by Crippen LogP contribution is -2.66. The SMILES string of the molecule is CC(C)CC(=O)C[C@](C)(O)[C@H]1CCC2C3C[C@H](O[C@@H]4O[C@H](CO)[C@@H](O)[C@H](O[C@@H]5OC[C@@H](O[C@@H]6OC[C@@H](O)[C@H](O)[C@H]6O[C@@H]6O[C@H](C)[C@H](O)[C@H](O)[C@H]6O)[C@H](O)[C@H]5O[C@@H]5O[C@H](C)[C@@H](O)[C@H](O)[C@H]5O)[C@H]4O)C4C[C@@H](OS(=O)(=O)O)CC[C@]4(C)C3=CC[C@@]21C. The van der Waals surface area contributed by atoms with Crippen molar-refractivity contribution < 1.29 is 136 Å². The van der Waals surface area contributed by atoms with E-state index in [0.717, 1.165) is 5.57 Å². The summed E-state index contributed by atoms with van der Waals surface area (Å²) in [4.78, 5) is 13.2. The van der Waals surface area contributed by atoms with Crippen LogP contribution in [0.4, 0.5) is 0 Å². The first-order chi connectivity index (χ1) is 39.3. The lowest BCUT2D eigenvalue weighted by atomic mass is 9.47. The Morgan fingerprint density at radius 2 is 1.23 bits per heavy atom. The molecule has 484 valence electrons. The van der Waals surface area contributed by atoms with Gasteiger partial charge in [0.15, 0.2) is 31.5 Å². The summed E-state index contributed by atoms with van der Waals surface area (Å²) in [5.41, 5.74) is -1.36. The number of carbonyl (C=O) groups is 1. The number of Topliss-reactive ketones (excluding diaryl/α,β-unsaturated/α-hetero) is 1. The molecule has 3 saturated carbocycles. The highest BCUT2D eigenvalue weighted by atomic mass is 32.3. The second kappa shape index (κ2) is 25.9. The van der Waals surface area contributed by atoms with Gasteiger partial charge in [-0.1, -0.05) is 39.3 Å². The molecule has 0 radical (unpaired) electrons. The average molecular weight is 1230 g/mol. The van der Waals surface area contributed by atoms with Crippen LogP contribution in [0.1, 0.15) is 106 Å². The molecule has 5 aliphatic heterocycles. The van der Waals surface area contributed by atoms with Crippen LogP contribution in [0.25, 0.3) is 0 Å². The van der Waals surface area contributed by atoms with Crippen molar-refractivity contribution in [1.82, 2.24) is 0 Å². The summed E-state index contributed by atoms with van der Waals surface area (Å²) in [7, 11) is -4.90. The third-order valence-electron chi connectivity index (χ3n) is 19.9. The monoisotopic (exact) mass is 1230 g/mol. The molecule has 14 N–H and O–H groups in total. The Kier molecular flexibility index (Phi) is 20.6. The maximum absolute atomic E-state index is 13.2. The highest BCUT2D eigenvalue weighted by molar-refractivity contribution is 7.80. The molecular formula is C55H90O28S. The van der Waals surface area contributed by atoms with Crippen molar-refractivity contribution in [2.24, 2.45) is 40.4 Å². The zero-order valence-electron chi connectivity index (χ0n) is 48.3. The Labute approximate surface area is 487 Å². The molecule has 0 aromatic rings. The van der Waals surface area contributed by atoms with Gasteiger partial charge in [0, 0.05) is 12.8 Å². The highest BCUT2D eigenvalue weighted by Gasteiger charge is 2.64. The lowest BCUT2D eigenvalue weighted by molar-refractivity contribution is -0.395. The smallest absolute Gasteiger partial charge is 0.394 e. The van der Waals surface area contributed by atoms with Gasteiger partial charge in [0.2, 0.25) is 0 Å². The molecule has 32 atom stereocenters. The Morgan fingerprint density at radius 1 is 0.667 bits per heavy atom. The zero-order chi connectivity index (χ0) is 61.4. The average Bonchev–Trinajstić information content (AvgIpc) is 1.37. The Morgan fingerprint density at radius 3 is 1.82 bits per heavy atom. The third-order valence-corrected chi connectivity index (χ3v) is 20.5. The van der Waals surface area contributed by atoms with Crippen LogP contribution in [0.3, 0.4) is 0 Å². The fourth-order valence-corrected chi connectivity index (χ4v) is 16.1. The third kappa shape index (κ3) is 13.3. The van der Waals surface area contributed by atoms with Crippen molar-refractivity contribution >= 4 is 16.2 Å². The van der Waals surface area contributed by atoms with Gasteiger partial charge >= 0.3 is 10.4 Å². The van der Waals surface area contributed by atoms with Gasteiger partial charge in [-0.05, 0) is 106 Å². The lowest BCUT2D eigenvalue weighted by Gasteiger charge is -2.60. The molecule has 28 nitrogen and oxygen atoms in total. The Hall–Kier alpha value is -1.64. The van der Waals surface area contributed by atoms with Crippen LogP contribution >= 0.6 is 0 Å². The summed E-state index contributed by atoms with van der Waals surface area (Å²) < 4.78 is 99.8. The summed E-state index contributed by atoms with van der Waals surface area (Å²) in [5, 5.41) is 145.